The Kier molecular flexibility index (Phi) is 5.45. The number of hydrogen-bond acceptors (Lipinski definition) is 2. The maximum Gasteiger partial charge on any atom is 0.328 e. The summed E-state index contributed by atoms with van der Waals surface area (Å²) in [6, 6.07) is 6.58. The molecule has 0 saturated heterocycles. The molecule has 1 aliphatic rings. The molecule has 0 radical (unpaired) electrons. The van der Waals surface area contributed by atoms with Gasteiger partial charge in [-0.15, -0.1) is 0 Å². The highest BCUT2D eigenvalue weighted by molar-refractivity contribution is 9.10. The predicted molar refractivity (Wildman–Crippen MR) is 90.6 cm³/mol. The molecular formula is C17H22BrNO2. The third-order valence-electron chi connectivity index (χ3n) is 4.30. The van der Waals surface area contributed by atoms with Crippen LogP contribution in [0.15, 0.2) is 28.7 Å². The number of aliphatic carboxylic acids is 1. The Morgan fingerprint density at radius 1 is 1.33 bits per heavy atom. The Labute approximate surface area is 134 Å². The van der Waals surface area contributed by atoms with Crippen molar-refractivity contribution in [3.05, 3.63) is 34.3 Å². The van der Waals surface area contributed by atoms with Gasteiger partial charge in [0.15, 0.2) is 0 Å². The molecule has 0 heterocycles. The fourth-order valence-electron chi connectivity index (χ4n) is 2.91. The Hall–Kier alpha value is -1.29. The molecule has 3 nitrogen and oxygen atoms in total. The number of carboxylic acid groups (broad SMARTS) is 1. The van der Waals surface area contributed by atoms with E-state index < -0.39 is 5.97 Å². The topological polar surface area (TPSA) is 40.5 Å². The molecule has 1 fully saturated rings. The number of carboxylic acids is 1. The standard InChI is InChI=1S/C17H22BrNO2/c1-12-3-7-14(8-4-12)19(2)16-9-5-13(11-15(16)18)6-10-17(20)21/h5-6,9-12,14H,3-4,7-8H2,1-2H3,(H,20,21)/b10-6+. The molecule has 1 aliphatic carbocycles. The van der Waals surface area contributed by atoms with Gasteiger partial charge in [0.25, 0.3) is 0 Å². The Morgan fingerprint density at radius 3 is 2.57 bits per heavy atom. The van der Waals surface area contributed by atoms with Crippen LogP contribution in [-0.2, 0) is 4.79 Å². The molecule has 1 aromatic carbocycles. The van der Waals surface area contributed by atoms with E-state index in [-0.39, 0.29) is 0 Å². The molecule has 1 N–H and O–H groups in total. The number of anilines is 1. The highest BCUT2D eigenvalue weighted by atomic mass is 79.9. The number of rotatable bonds is 4. The highest BCUT2D eigenvalue weighted by Gasteiger charge is 2.22. The smallest absolute Gasteiger partial charge is 0.328 e. The van der Waals surface area contributed by atoms with Gasteiger partial charge in [-0.1, -0.05) is 13.0 Å². The van der Waals surface area contributed by atoms with E-state index in [1.807, 2.05) is 12.1 Å². The summed E-state index contributed by atoms with van der Waals surface area (Å²) in [5, 5.41) is 8.67. The van der Waals surface area contributed by atoms with Crippen LogP contribution in [0.25, 0.3) is 6.08 Å². The lowest BCUT2D eigenvalue weighted by Gasteiger charge is -2.35. The quantitative estimate of drug-likeness (QED) is 0.808. The van der Waals surface area contributed by atoms with E-state index >= 15 is 0 Å². The third-order valence-corrected chi connectivity index (χ3v) is 4.94. The Balaban J connectivity index is 2.11. The van der Waals surface area contributed by atoms with Crippen molar-refractivity contribution >= 4 is 33.7 Å². The zero-order valence-electron chi connectivity index (χ0n) is 12.6. The van der Waals surface area contributed by atoms with E-state index in [0.717, 1.165) is 22.0 Å². The lowest BCUT2D eigenvalue weighted by atomic mass is 9.86. The van der Waals surface area contributed by atoms with Gasteiger partial charge in [-0.25, -0.2) is 4.79 Å². The minimum absolute atomic E-state index is 0.595. The van der Waals surface area contributed by atoms with Crippen molar-refractivity contribution in [2.75, 3.05) is 11.9 Å². The summed E-state index contributed by atoms with van der Waals surface area (Å²) in [5.41, 5.74) is 2.06. The molecule has 21 heavy (non-hydrogen) atoms. The zero-order chi connectivity index (χ0) is 15.4. The third kappa shape index (κ3) is 4.34. The molecule has 1 saturated carbocycles. The van der Waals surface area contributed by atoms with Gasteiger partial charge in [0.2, 0.25) is 0 Å². The molecule has 0 aliphatic heterocycles. The summed E-state index contributed by atoms with van der Waals surface area (Å²) in [7, 11) is 2.15. The van der Waals surface area contributed by atoms with Crippen LogP contribution in [0.5, 0.6) is 0 Å². The van der Waals surface area contributed by atoms with Crippen molar-refractivity contribution in [2.24, 2.45) is 5.92 Å². The second-order valence-electron chi connectivity index (χ2n) is 5.91. The lowest BCUT2D eigenvalue weighted by molar-refractivity contribution is -0.131. The first-order valence-corrected chi connectivity index (χ1v) is 8.20. The lowest BCUT2D eigenvalue weighted by Crippen LogP contribution is -2.35. The summed E-state index contributed by atoms with van der Waals surface area (Å²) in [5.74, 6) is -0.0785. The molecule has 0 spiro atoms. The first-order chi connectivity index (χ1) is 9.97. The molecule has 1 aromatic rings. The minimum Gasteiger partial charge on any atom is -0.478 e. The molecule has 0 amide bonds. The van der Waals surface area contributed by atoms with E-state index in [1.54, 1.807) is 6.08 Å². The van der Waals surface area contributed by atoms with Crippen LogP contribution in [0, 0.1) is 5.92 Å². The average molecular weight is 352 g/mol. The van der Waals surface area contributed by atoms with Crippen molar-refractivity contribution < 1.29 is 9.90 Å². The maximum absolute atomic E-state index is 10.6. The first kappa shape index (κ1) is 16.1. The largest absolute Gasteiger partial charge is 0.478 e. The zero-order valence-corrected chi connectivity index (χ0v) is 14.1. The van der Waals surface area contributed by atoms with Crippen molar-refractivity contribution in [3.8, 4) is 0 Å². The number of halogens is 1. The summed E-state index contributed by atoms with van der Waals surface area (Å²) >= 11 is 3.61. The fourth-order valence-corrected chi connectivity index (χ4v) is 3.58. The van der Waals surface area contributed by atoms with Gasteiger partial charge in [-0.2, -0.15) is 0 Å². The summed E-state index contributed by atoms with van der Waals surface area (Å²) < 4.78 is 1.01. The average Bonchev–Trinajstić information content (AvgIpc) is 2.45. The Bertz CT molecular complexity index is 534. The van der Waals surface area contributed by atoms with Gasteiger partial charge in [0, 0.05) is 23.6 Å². The summed E-state index contributed by atoms with van der Waals surface area (Å²) in [6.07, 6.45) is 7.85. The summed E-state index contributed by atoms with van der Waals surface area (Å²) in [6.45, 7) is 2.33. The van der Waals surface area contributed by atoms with Gasteiger partial charge in [0.1, 0.15) is 0 Å². The van der Waals surface area contributed by atoms with E-state index in [9.17, 15) is 4.79 Å². The number of hydrogen-bond donors (Lipinski definition) is 1. The van der Waals surface area contributed by atoms with Gasteiger partial charge in [-0.05, 0) is 71.3 Å². The first-order valence-electron chi connectivity index (χ1n) is 7.40. The second-order valence-corrected chi connectivity index (χ2v) is 6.76. The molecule has 4 heteroatoms. The van der Waals surface area contributed by atoms with Crippen LogP contribution in [0.1, 0.15) is 38.2 Å². The van der Waals surface area contributed by atoms with Crippen molar-refractivity contribution in [1.29, 1.82) is 0 Å². The van der Waals surface area contributed by atoms with Crippen LogP contribution >= 0.6 is 15.9 Å². The highest BCUT2D eigenvalue weighted by Crippen LogP contribution is 2.33. The van der Waals surface area contributed by atoms with E-state index in [4.69, 9.17) is 5.11 Å². The monoisotopic (exact) mass is 351 g/mol. The molecule has 0 aromatic heterocycles. The number of benzene rings is 1. The molecule has 114 valence electrons. The van der Waals surface area contributed by atoms with Gasteiger partial charge < -0.3 is 10.0 Å². The molecular weight excluding hydrogens is 330 g/mol. The SMILES string of the molecule is CC1CCC(N(C)c2ccc(/C=C/C(=O)O)cc2Br)CC1. The summed E-state index contributed by atoms with van der Waals surface area (Å²) in [4.78, 5) is 12.9. The fraction of sp³-hybridized carbons (Fsp3) is 0.471. The van der Waals surface area contributed by atoms with Crippen LogP contribution in [0.3, 0.4) is 0 Å². The minimum atomic E-state index is -0.927. The van der Waals surface area contributed by atoms with Crippen molar-refractivity contribution in [2.45, 2.75) is 38.6 Å². The Morgan fingerprint density at radius 2 is 2.00 bits per heavy atom. The van der Waals surface area contributed by atoms with Gasteiger partial charge in [-0.3, -0.25) is 0 Å². The molecule has 0 bridgehead atoms. The predicted octanol–water partition coefficient (Wildman–Crippen LogP) is 4.56. The van der Waals surface area contributed by atoms with Gasteiger partial charge in [0.05, 0.1) is 5.69 Å². The molecule has 2 rings (SSSR count). The van der Waals surface area contributed by atoms with E-state index in [0.29, 0.717) is 6.04 Å². The van der Waals surface area contributed by atoms with Crippen molar-refractivity contribution in [3.63, 3.8) is 0 Å². The second kappa shape index (κ2) is 7.12. The van der Waals surface area contributed by atoms with Crippen LogP contribution in [-0.4, -0.2) is 24.2 Å². The normalized spacial score (nSPS) is 22.4. The maximum atomic E-state index is 10.6. The van der Waals surface area contributed by atoms with Crippen molar-refractivity contribution in [1.82, 2.24) is 0 Å². The van der Waals surface area contributed by atoms with Crippen LogP contribution in [0.4, 0.5) is 5.69 Å². The molecule has 0 atom stereocenters. The molecule has 0 unspecified atom stereocenters. The van der Waals surface area contributed by atoms with E-state index in [2.05, 4.69) is 40.9 Å². The van der Waals surface area contributed by atoms with Crippen LogP contribution in [0.2, 0.25) is 0 Å². The number of carbonyl (C=O) groups is 1. The van der Waals surface area contributed by atoms with Gasteiger partial charge >= 0.3 is 5.97 Å². The number of nitrogens with zero attached hydrogens (tertiary/aromatic N) is 1. The van der Waals surface area contributed by atoms with Crippen LogP contribution < -0.4 is 4.90 Å². The van der Waals surface area contributed by atoms with E-state index in [1.165, 1.54) is 31.4 Å².